The van der Waals surface area contributed by atoms with Gasteiger partial charge >= 0.3 is 0 Å². The summed E-state index contributed by atoms with van der Waals surface area (Å²) in [6.45, 7) is 1.91. The van der Waals surface area contributed by atoms with Gasteiger partial charge in [-0.3, -0.25) is 4.79 Å². The molecule has 0 heterocycles. The van der Waals surface area contributed by atoms with Gasteiger partial charge in [0.15, 0.2) is 0 Å². The summed E-state index contributed by atoms with van der Waals surface area (Å²) >= 11 is 0. The Morgan fingerprint density at radius 3 is 2.41 bits per heavy atom. The van der Waals surface area contributed by atoms with Gasteiger partial charge in [0.25, 0.3) is 15.9 Å². The predicted octanol–water partition coefficient (Wildman–Crippen LogP) is 2.26. The largest absolute Gasteiger partial charge is 0.380 e. The van der Waals surface area contributed by atoms with Gasteiger partial charge in [0.05, 0.1) is 11.5 Å². The van der Waals surface area contributed by atoms with Crippen molar-refractivity contribution in [2.75, 3.05) is 7.11 Å². The lowest BCUT2D eigenvalue weighted by molar-refractivity contribution is 0.0976. The summed E-state index contributed by atoms with van der Waals surface area (Å²) < 4.78 is 31.8. The molecule has 22 heavy (non-hydrogen) atoms. The lowest BCUT2D eigenvalue weighted by Gasteiger charge is -2.11. The molecule has 0 bridgehead atoms. The highest BCUT2D eigenvalue weighted by Crippen LogP contribution is 2.16. The van der Waals surface area contributed by atoms with Crippen molar-refractivity contribution in [3.05, 3.63) is 65.2 Å². The van der Waals surface area contributed by atoms with Crippen LogP contribution in [0.5, 0.6) is 0 Å². The van der Waals surface area contributed by atoms with Crippen molar-refractivity contribution in [2.45, 2.75) is 18.4 Å². The highest BCUT2D eigenvalue weighted by Gasteiger charge is 2.21. The minimum atomic E-state index is -3.91. The molecule has 6 heteroatoms. The highest BCUT2D eigenvalue weighted by atomic mass is 32.2. The van der Waals surface area contributed by atoms with Gasteiger partial charge in [-0.1, -0.05) is 36.4 Å². The standard InChI is InChI=1S/C16H17NO4S/c1-12-7-3-6-10-15(12)22(19,20)17-16(18)14-9-5-4-8-13(14)11-21-2/h3-10H,11H2,1-2H3,(H,17,18). The van der Waals surface area contributed by atoms with E-state index in [1.54, 1.807) is 49.4 Å². The number of benzene rings is 2. The molecule has 0 aliphatic carbocycles. The third kappa shape index (κ3) is 3.52. The molecule has 2 aromatic carbocycles. The number of methoxy groups -OCH3 is 1. The van der Waals surface area contributed by atoms with Gasteiger partial charge in [0, 0.05) is 12.7 Å². The Bertz CT molecular complexity index is 784. The van der Waals surface area contributed by atoms with Crippen molar-refractivity contribution in [1.82, 2.24) is 4.72 Å². The van der Waals surface area contributed by atoms with E-state index in [9.17, 15) is 13.2 Å². The molecule has 2 rings (SSSR count). The average Bonchev–Trinajstić information content (AvgIpc) is 2.48. The zero-order valence-corrected chi connectivity index (χ0v) is 13.2. The second-order valence-electron chi connectivity index (χ2n) is 4.79. The first-order valence-electron chi connectivity index (χ1n) is 6.65. The summed E-state index contributed by atoms with van der Waals surface area (Å²) in [5.41, 5.74) is 1.48. The van der Waals surface area contributed by atoms with E-state index in [0.29, 0.717) is 11.1 Å². The van der Waals surface area contributed by atoms with Crippen LogP contribution in [0.25, 0.3) is 0 Å². The van der Waals surface area contributed by atoms with Crippen LogP contribution in [-0.2, 0) is 21.4 Å². The Morgan fingerprint density at radius 2 is 1.73 bits per heavy atom. The van der Waals surface area contributed by atoms with E-state index in [1.165, 1.54) is 13.2 Å². The molecule has 0 radical (unpaired) electrons. The molecular weight excluding hydrogens is 302 g/mol. The normalized spacial score (nSPS) is 11.2. The quantitative estimate of drug-likeness (QED) is 0.917. The lowest BCUT2D eigenvalue weighted by Crippen LogP contribution is -2.31. The minimum Gasteiger partial charge on any atom is -0.380 e. The number of carbonyl (C=O) groups excluding carboxylic acids is 1. The van der Waals surface area contributed by atoms with E-state index < -0.39 is 15.9 Å². The molecule has 0 aromatic heterocycles. The molecule has 0 aliphatic rings. The predicted molar refractivity (Wildman–Crippen MR) is 83.0 cm³/mol. The molecule has 116 valence electrons. The van der Waals surface area contributed by atoms with Crippen molar-refractivity contribution < 1.29 is 17.9 Å². The maximum Gasteiger partial charge on any atom is 0.265 e. The number of carbonyl (C=O) groups is 1. The van der Waals surface area contributed by atoms with Crippen LogP contribution in [0.4, 0.5) is 0 Å². The molecule has 1 amide bonds. The molecule has 0 saturated carbocycles. The Hall–Kier alpha value is -2.18. The van der Waals surface area contributed by atoms with Crippen LogP contribution in [0.15, 0.2) is 53.4 Å². The molecule has 0 fully saturated rings. The van der Waals surface area contributed by atoms with Gasteiger partial charge in [0.1, 0.15) is 0 Å². The number of sulfonamides is 1. The van der Waals surface area contributed by atoms with E-state index >= 15 is 0 Å². The summed E-state index contributed by atoms with van der Waals surface area (Å²) in [6, 6.07) is 13.2. The van der Waals surface area contributed by atoms with Crippen LogP contribution < -0.4 is 4.72 Å². The van der Waals surface area contributed by atoms with Gasteiger partial charge in [-0.05, 0) is 30.2 Å². The number of rotatable bonds is 5. The van der Waals surface area contributed by atoms with Crippen LogP contribution >= 0.6 is 0 Å². The van der Waals surface area contributed by atoms with Crippen molar-refractivity contribution in [3.63, 3.8) is 0 Å². The molecule has 0 aliphatic heterocycles. The molecule has 0 unspecified atom stereocenters. The van der Waals surface area contributed by atoms with Crippen LogP contribution in [0.1, 0.15) is 21.5 Å². The molecule has 0 saturated heterocycles. The van der Waals surface area contributed by atoms with Crippen LogP contribution in [-0.4, -0.2) is 21.4 Å². The van der Waals surface area contributed by atoms with Crippen LogP contribution in [0.3, 0.4) is 0 Å². The number of nitrogens with one attached hydrogen (secondary N) is 1. The number of ether oxygens (including phenoxy) is 1. The molecule has 2 aromatic rings. The Balaban J connectivity index is 2.31. The first kappa shape index (κ1) is 16.2. The average molecular weight is 319 g/mol. The van der Waals surface area contributed by atoms with Crippen molar-refractivity contribution in [1.29, 1.82) is 0 Å². The molecule has 5 nitrogen and oxygen atoms in total. The summed E-state index contributed by atoms with van der Waals surface area (Å²) in [7, 11) is -2.40. The summed E-state index contributed by atoms with van der Waals surface area (Å²) in [4.78, 5) is 12.4. The lowest BCUT2D eigenvalue weighted by atomic mass is 10.1. The van der Waals surface area contributed by atoms with Crippen molar-refractivity contribution >= 4 is 15.9 Å². The van der Waals surface area contributed by atoms with Crippen molar-refractivity contribution in [3.8, 4) is 0 Å². The van der Waals surface area contributed by atoms with E-state index in [1.807, 2.05) is 0 Å². The Kier molecular flexibility index (Phi) is 4.95. The fraction of sp³-hybridized carbons (Fsp3) is 0.188. The monoisotopic (exact) mass is 319 g/mol. The maximum atomic E-state index is 12.3. The van der Waals surface area contributed by atoms with Gasteiger partial charge in [0.2, 0.25) is 0 Å². The maximum absolute atomic E-state index is 12.3. The van der Waals surface area contributed by atoms with E-state index in [4.69, 9.17) is 4.74 Å². The van der Waals surface area contributed by atoms with Crippen LogP contribution in [0, 0.1) is 6.92 Å². The smallest absolute Gasteiger partial charge is 0.265 e. The zero-order chi connectivity index (χ0) is 16.2. The number of aryl methyl sites for hydroxylation is 1. The number of hydrogen-bond acceptors (Lipinski definition) is 4. The third-order valence-electron chi connectivity index (χ3n) is 3.17. The molecule has 1 N–H and O–H groups in total. The fourth-order valence-corrected chi connectivity index (χ4v) is 3.33. The number of amides is 1. The first-order valence-corrected chi connectivity index (χ1v) is 8.13. The van der Waals surface area contributed by atoms with Crippen molar-refractivity contribution in [2.24, 2.45) is 0 Å². The van der Waals surface area contributed by atoms with Crippen LogP contribution in [0.2, 0.25) is 0 Å². The molecule has 0 spiro atoms. The zero-order valence-electron chi connectivity index (χ0n) is 12.4. The SMILES string of the molecule is COCc1ccccc1C(=O)NS(=O)(=O)c1ccccc1C. The highest BCUT2D eigenvalue weighted by molar-refractivity contribution is 7.90. The summed E-state index contributed by atoms with van der Waals surface area (Å²) in [5.74, 6) is -0.670. The van der Waals surface area contributed by atoms with Gasteiger partial charge in [-0.25, -0.2) is 13.1 Å². The minimum absolute atomic E-state index is 0.0903. The summed E-state index contributed by atoms with van der Waals surface area (Å²) in [5, 5.41) is 0. The van der Waals surface area contributed by atoms with E-state index in [2.05, 4.69) is 4.72 Å². The number of hydrogen-bond donors (Lipinski definition) is 1. The Labute approximate surface area is 130 Å². The second-order valence-corrected chi connectivity index (χ2v) is 6.44. The first-order chi connectivity index (χ1) is 10.5. The molecule has 0 atom stereocenters. The molecular formula is C16H17NO4S. The van der Waals surface area contributed by atoms with E-state index in [0.717, 1.165) is 0 Å². The topological polar surface area (TPSA) is 72.5 Å². The second kappa shape index (κ2) is 6.72. The van der Waals surface area contributed by atoms with Gasteiger partial charge < -0.3 is 4.74 Å². The van der Waals surface area contributed by atoms with Gasteiger partial charge in [-0.2, -0.15) is 0 Å². The third-order valence-corrected chi connectivity index (χ3v) is 4.66. The summed E-state index contributed by atoms with van der Waals surface area (Å²) in [6.07, 6.45) is 0. The van der Waals surface area contributed by atoms with Gasteiger partial charge in [-0.15, -0.1) is 0 Å². The Morgan fingerprint density at radius 1 is 1.09 bits per heavy atom. The van der Waals surface area contributed by atoms with E-state index in [-0.39, 0.29) is 17.1 Å². The fourth-order valence-electron chi connectivity index (χ4n) is 2.11.